The minimum absolute atomic E-state index is 0.249. The molecule has 10 heteroatoms. The van der Waals surface area contributed by atoms with E-state index in [1.54, 1.807) is 11.6 Å². The van der Waals surface area contributed by atoms with E-state index in [0.29, 0.717) is 18.1 Å². The second-order valence-electron chi connectivity index (χ2n) is 6.67. The fourth-order valence-electron chi connectivity index (χ4n) is 3.28. The molecule has 2 aliphatic rings. The molecule has 150 valence electrons. The van der Waals surface area contributed by atoms with Gasteiger partial charge in [0.1, 0.15) is 22.3 Å². The van der Waals surface area contributed by atoms with Crippen LogP contribution in [0.15, 0.2) is 35.8 Å². The molecule has 2 aromatic heterocycles. The second kappa shape index (κ2) is 7.97. The van der Waals surface area contributed by atoms with Crippen molar-refractivity contribution >= 4 is 39.5 Å². The molecule has 1 aromatic carbocycles. The number of fused-ring (bicyclic) bond motifs is 1. The van der Waals surface area contributed by atoms with Crippen LogP contribution in [0, 0.1) is 0 Å². The minimum Gasteiger partial charge on any atom is -0.485 e. The van der Waals surface area contributed by atoms with Gasteiger partial charge in [-0.25, -0.2) is 4.98 Å². The number of nitrogens with one attached hydrogen (secondary N) is 2. The van der Waals surface area contributed by atoms with Crippen LogP contribution in [0.5, 0.6) is 11.5 Å². The summed E-state index contributed by atoms with van der Waals surface area (Å²) in [4.78, 5) is 19.5. The summed E-state index contributed by atoms with van der Waals surface area (Å²) in [6, 6.07) is 7.54. The molecule has 1 saturated heterocycles. The number of anilines is 2. The third-order valence-electron chi connectivity index (χ3n) is 4.74. The lowest BCUT2D eigenvalue weighted by Gasteiger charge is -2.28. The zero-order chi connectivity index (χ0) is 19.6. The molecule has 1 atom stereocenters. The van der Waals surface area contributed by atoms with Crippen LogP contribution in [0.1, 0.15) is 21.6 Å². The summed E-state index contributed by atoms with van der Waals surface area (Å²) < 4.78 is 16.0. The molecule has 8 nitrogen and oxygen atoms in total. The van der Waals surface area contributed by atoms with E-state index in [1.807, 2.05) is 24.3 Å². The van der Waals surface area contributed by atoms with Crippen molar-refractivity contribution < 1.29 is 14.3 Å². The van der Waals surface area contributed by atoms with Crippen molar-refractivity contribution in [3.05, 3.63) is 46.5 Å². The molecule has 1 fully saturated rings. The van der Waals surface area contributed by atoms with Crippen LogP contribution in [0.25, 0.3) is 0 Å². The molecular formula is C19H19N5O3S2. The quantitative estimate of drug-likeness (QED) is 0.659. The van der Waals surface area contributed by atoms with Crippen molar-refractivity contribution in [3.63, 3.8) is 0 Å². The predicted molar refractivity (Wildman–Crippen MR) is 113 cm³/mol. The highest BCUT2D eigenvalue weighted by Crippen LogP contribution is 2.37. The summed E-state index contributed by atoms with van der Waals surface area (Å²) >= 11 is 2.79. The maximum absolute atomic E-state index is 12.7. The Bertz CT molecular complexity index is 1010. The lowest BCUT2D eigenvalue weighted by atomic mass is 10.2. The molecule has 0 saturated carbocycles. The van der Waals surface area contributed by atoms with E-state index >= 15 is 0 Å². The number of para-hydroxylation sites is 2. The molecule has 0 bridgehead atoms. The summed E-state index contributed by atoms with van der Waals surface area (Å²) in [5, 5.41) is 9.73. The number of rotatable bonds is 4. The molecule has 1 amide bonds. The van der Waals surface area contributed by atoms with Crippen LogP contribution in [-0.2, 0) is 0 Å². The smallest absolute Gasteiger partial charge is 0.275 e. The van der Waals surface area contributed by atoms with Crippen molar-refractivity contribution in [2.75, 3.05) is 43.0 Å². The Kier molecular flexibility index (Phi) is 5.04. The van der Waals surface area contributed by atoms with Gasteiger partial charge in [-0.2, -0.15) is 4.37 Å². The van der Waals surface area contributed by atoms with Gasteiger partial charge in [-0.3, -0.25) is 4.79 Å². The third kappa shape index (κ3) is 3.78. The maximum Gasteiger partial charge on any atom is 0.275 e. The predicted octanol–water partition coefficient (Wildman–Crippen LogP) is 2.77. The number of nitrogens with zero attached hydrogens (tertiary/aromatic N) is 3. The number of carbonyl (C=O) groups is 1. The molecule has 0 spiro atoms. The number of ether oxygens (including phenoxy) is 2. The van der Waals surface area contributed by atoms with Crippen LogP contribution in [0.4, 0.5) is 10.7 Å². The fraction of sp³-hybridized carbons (Fsp3) is 0.316. The molecule has 29 heavy (non-hydrogen) atoms. The van der Waals surface area contributed by atoms with Gasteiger partial charge in [0.2, 0.25) is 0 Å². The first-order valence-electron chi connectivity index (χ1n) is 9.33. The molecule has 4 heterocycles. The van der Waals surface area contributed by atoms with Gasteiger partial charge in [-0.15, -0.1) is 11.3 Å². The Morgan fingerprint density at radius 3 is 2.93 bits per heavy atom. The van der Waals surface area contributed by atoms with Crippen LogP contribution in [-0.4, -0.2) is 48.1 Å². The number of piperazine rings is 1. The zero-order valence-corrected chi connectivity index (χ0v) is 17.1. The molecular weight excluding hydrogens is 410 g/mol. The van der Waals surface area contributed by atoms with Gasteiger partial charge in [0.25, 0.3) is 5.91 Å². The Morgan fingerprint density at radius 1 is 1.24 bits per heavy atom. The van der Waals surface area contributed by atoms with E-state index in [2.05, 4.69) is 24.9 Å². The number of hydrogen-bond acceptors (Lipinski definition) is 9. The van der Waals surface area contributed by atoms with Crippen LogP contribution >= 0.6 is 22.9 Å². The zero-order valence-electron chi connectivity index (χ0n) is 15.5. The Balaban J connectivity index is 1.28. The normalized spacial score (nSPS) is 18.5. The molecule has 0 aliphatic carbocycles. The van der Waals surface area contributed by atoms with E-state index in [4.69, 9.17) is 9.47 Å². The average Bonchev–Trinajstić information content (AvgIpc) is 3.44. The third-order valence-corrected chi connectivity index (χ3v) is 6.54. The average molecular weight is 430 g/mol. The van der Waals surface area contributed by atoms with E-state index < -0.39 is 0 Å². The Hall–Kier alpha value is -2.69. The summed E-state index contributed by atoms with van der Waals surface area (Å²) in [6.45, 7) is 4.01. The molecule has 0 radical (unpaired) electrons. The van der Waals surface area contributed by atoms with Gasteiger partial charge in [0, 0.05) is 31.6 Å². The maximum atomic E-state index is 12.7. The summed E-state index contributed by atoms with van der Waals surface area (Å²) in [7, 11) is 0. The highest BCUT2D eigenvalue weighted by molar-refractivity contribution is 7.11. The highest BCUT2D eigenvalue weighted by atomic mass is 32.1. The number of aromatic nitrogens is 2. The van der Waals surface area contributed by atoms with Crippen molar-refractivity contribution in [3.8, 4) is 11.5 Å². The topological polar surface area (TPSA) is 88.6 Å². The van der Waals surface area contributed by atoms with E-state index in [9.17, 15) is 4.79 Å². The van der Waals surface area contributed by atoms with Crippen molar-refractivity contribution in [2.45, 2.75) is 6.10 Å². The summed E-state index contributed by atoms with van der Waals surface area (Å²) in [5.41, 5.74) is 1.09. The van der Waals surface area contributed by atoms with Gasteiger partial charge in [-0.1, -0.05) is 12.1 Å². The number of thiazole rings is 1. The monoisotopic (exact) mass is 429 g/mol. The van der Waals surface area contributed by atoms with Gasteiger partial charge in [0.15, 0.2) is 17.6 Å². The van der Waals surface area contributed by atoms with E-state index in [-0.39, 0.29) is 12.0 Å². The first-order valence-corrected chi connectivity index (χ1v) is 11.0. The number of benzene rings is 1. The van der Waals surface area contributed by atoms with Gasteiger partial charge in [-0.05, 0) is 23.7 Å². The summed E-state index contributed by atoms with van der Waals surface area (Å²) in [6.07, 6.45) is 1.37. The number of amides is 1. The molecule has 2 aliphatic heterocycles. The minimum atomic E-state index is -0.323. The summed E-state index contributed by atoms with van der Waals surface area (Å²) in [5.74, 6) is 1.17. The first kappa shape index (κ1) is 18.3. The van der Waals surface area contributed by atoms with Crippen LogP contribution in [0.2, 0.25) is 0 Å². The van der Waals surface area contributed by atoms with Crippen LogP contribution in [0.3, 0.4) is 0 Å². The molecule has 5 rings (SSSR count). The van der Waals surface area contributed by atoms with E-state index in [1.165, 1.54) is 22.9 Å². The number of hydrogen-bond donors (Lipinski definition) is 2. The van der Waals surface area contributed by atoms with Crippen molar-refractivity contribution in [1.82, 2.24) is 14.7 Å². The SMILES string of the molecule is O=C(Nc1cnsc1N1CCNCC1)c1csc(C2COc3ccccc3O2)n1. The number of carbonyl (C=O) groups excluding carboxylic acids is 1. The lowest BCUT2D eigenvalue weighted by molar-refractivity contribution is 0.0906. The Morgan fingerprint density at radius 2 is 2.07 bits per heavy atom. The van der Waals surface area contributed by atoms with Gasteiger partial charge >= 0.3 is 0 Å². The molecule has 2 N–H and O–H groups in total. The largest absolute Gasteiger partial charge is 0.485 e. The standard InChI is InChI=1S/C19H19N5O3S2/c25-17(22-12-9-21-29-19(12)24-7-5-20-6-8-24)13-11-28-18(23-13)16-10-26-14-3-1-2-4-15(14)27-16/h1-4,9,11,16,20H,5-8,10H2,(H,22,25). The molecule has 3 aromatic rings. The van der Waals surface area contributed by atoms with Gasteiger partial charge < -0.3 is 25.0 Å². The van der Waals surface area contributed by atoms with Crippen molar-refractivity contribution in [1.29, 1.82) is 0 Å². The lowest BCUT2D eigenvalue weighted by Crippen LogP contribution is -2.43. The fourth-order valence-corrected chi connectivity index (χ4v) is 4.85. The van der Waals surface area contributed by atoms with Gasteiger partial charge in [0.05, 0.1) is 11.9 Å². The highest BCUT2D eigenvalue weighted by Gasteiger charge is 2.26. The van der Waals surface area contributed by atoms with E-state index in [0.717, 1.165) is 47.6 Å². The van der Waals surface area contributed by atoms with Crippen LogP contribution < -0.4 is 25.0 Å². The Labute approximate surface area is 175 Å². The second-order valence-corrected chi connectivity index (χ2v) is 8.34. The first-order chi connectivity index (χ1) is 14.3. The molecule has 1 unspecified atom stereocenters. The van der Waals surface area contributed by atoms with Crippen molar-refractivity contribution in [2.24, 2.45) is 0 Å².